The lowest BCUT2D eigenvalue weighted by Gasteiger charge is -2.28. The van der Waals surface area contributed by atoms with Gasteiger partial charge in [0.05, 0.1) is 32.0 Å². The average Bonchev–Trinajstić information content (AvgIpc) is 3.25. The van der Waals surface area contributed by atoms with Crippen LogP contribution in [-0.2, 0) is 0 Å². The van der Waals surface area contributed by atoms with Crippen LogP contribution >= 0.6 is 0 Å². The summed E-state index contributed by atoms with van der Waals surface area (Å²) in [6.07, 6.45) is 0.736. The first-order valence-electron chi connectivity index (χ1n) is 9.83. The monoisotopic (exact) mass is 397 g/mol. The minimum atomic E-state index is -0.559. The summed E-state index contributed by atoms with van der Waals surface area (Å²) in [5.74, 6) is 1.23. The molecule has 0 aromatic heterocycles. The Bertz CT molecular complexity index is 1070. The Kier molecular flexibility index (Phi) is 5.67. The van der Waals surface area contributed by atoms with Gasteiger partial charge in [0.15, 0.2) is 17.5 Å². The molecule has 0 bridgehead atoms. The van der Waals surface area contributed by atoms with Crippen LogP contribution in [0, 0.1) is 11.3 Å². The van der Waals surface area contributed by atoms with Crippen molar-refractivity contribution in [3.05, 3.63) is 95.6 Å². The van der Waals surface area contributed by atoms with E-state index in [1.165, 1.54) is 0 Å². The zero-order valence-electron chi connectivity index (χ0n) is 17.0. The molecule has 0 radical (unpaired) electrons. The maximum atomic E-state index is 10.1. The summed E-state index contributed by atoms with van der Waals surface area (Å²) in [7, 11) is 3.19. The highest BCUT2D eigenvalue weighted by Gasteiger charge is 2.34. The van der Waals surface area contributed by atoms with Gasteiger partial charge in [0, 0.05) is 6.42 Å². The van der Waals surface area contributed by atoms with Crippen molar-refractivity contribution in [3.8, 4) is 17.6 Å². The SMILES string of the molecule is COc1ccc([C@H](C#N)N2N=C(c3ccccc3)C[C@H]2c2ccccc2)cc1OC. The van der Waals surface area contributed by atoms with E-state index in [0.29, 0.717) is 11.5 Å². The Morgan fingerprint density at radius 1 is 0.933 bits per heavy atom. The summed E-state index contributed by atoms with van der Waals surface area (Å²) in [5.41, 5.74) is 4.00. The fourth-order valence-corrected chi connectivity index (χ4v) is 3.83. The maximum Gasteiger partial charge on any atom is 0.161 e. The second kappa shape index (κ2) is 8.71. The number of nitriles is 1. The zero-order valence-corrected chi connectivity index (χ0v) is 17.0. The molecular formula is C25H23N3O2. The largest absolute Gasteiger partial charge is 0.493 e. The molecule has 1 aliphatic rings. The van der Waals surface area contributed by atoms with Crippen molar-refractivity contribution in [2.45, 2.75) is 18.5 Å². The molecule has 5 heteroatoms. The number of methoxy groups -OCH3 is 2. The van der Waals surface area contributed by atoms with Crippen LogP contribution in [0.1, 0.15) is 35.2 Å². The first kappa shape index (κ1) is 19.5. The van der Waals surface area contributed by atoms with E-state index in [4.69, 9.17) is 14.6 Å². The molecule has 3 aromatic rings. The summed E-state index contributed by atoms with van der Waals surface area (Å²) >= 11 is 0. The van der Waals surface area contributed by atoms with Gasteiger partial charge in [0.1, 0.15) is 0 Å². The van der Waals surface area contributed by atoms with E-state index in [1.54, 1.807) is 14.2 Å². The maximum absolute atomic E-state index is 10.1. The van der Waals surface area contributed by atoms with Crippen molar-refractivity contribution >= 4 is 5.71 Å². The Hall–Kier alpha value is -3.78. The zero-order chi connectivity index (χ0) is 20.9. The Labute approximate surface area is 176 Å². The normalized spacial score (nSPS) is 16.5. The summed E-state index contributed by atoms with van der Waals surface area (Å²) in [5, 5.41) is 17.0. The van der Waals surface area contributed by atoms with Crippen molar-refractivity contribution in [1.82, 2.24) is 5.01 Å². The van der Waals surface area contributed by atoms with Crippen LogP contribution in [0.3, 0.4) is 0 Å². The third-order valence-electron chi connectivity index (χ3n) is 5.34. The second-order valence-electron chi connectivity index (χ2n) is 7.07. The molecule has 0 N–H and O–H groups in total. The Morgan fingerprint density at radius 3 is 2.23 bits per heavy atom. The smallest absolute Gasteiger partial charge is 0.161 e. The summed E-state index contributed by atoms with van der Waals surface area (Å²) < 4.78 is 10.8. The van der Waals surface area contributed by atoms with Gasteiger partial charge >= 0.3 is 0 Å². The highest BCUT2D eigenvalue weighted by molar-refractivity contribution is 6.01. The quantitative estimate of drug-likeness (QED) is 0.579. The highest BCUT2D eigenvalue weighted by Crippen LogP contribution is 2.40. The van der Waals surface area contributed by atoms with Crippen molar-refractivity contribution < 1.29 is 9.47 Å². The molecule has 150 valence electrons. The van der Waals surface area contributed by atoms with Crippen molar-refractivity contribution in [2.24, 2.45) is 5.10 Å². The molecule has 0 aliphatic carbocycles. The van der Waals surface area contributed by atoms with Crippen molar-refractivity contribution in [2.75, 3.05) is 14.2 Å². The minimum absolute atomic E-state index is 0.0286. The molecule has 2 atom stereocenters. The molecule has 0 unspecified atom stereocenters. The van der Waals surface area contributed by atoms with Crippen LogP contribution in [0.15, 0.2) is 84.0 Å². The number of hydrogen-bond acceptors (Lipinski definition) is 5. The predicted octanol–water partition coefficient (Wildman–Crippen LogP) is 5.12. The van der Waals surface area contributed by atoms with Gasteiger partial charge in [-0.25, -0.2) is 0 Å². The van der Waals surface area contributed by atoms with Gasteiger partial charge in [-0.15, -0.1) is 0 Å². The molecule has 0 spiro atoms. The molecule has 4 rings (SSSR count). The predicted molar refractivity (Wildman–Crippen MR) is 117 cm³/mol. The lowest BCUT2D eigenvalue weighted by atomic mass is 9.97. The van der Waals surface area contributed by atoms with E-state index in [1.807, 2.05) is 59.6 Å². The topological polar surface area (TPSA) is 57.8 Å². The van der Waals surface area contributed by atoms with Crippen LogP contribution in [0.4, 0.5) is 0 Å². The highest BCUT2D eigenvalue weighted by atomic mass is 16.5. The first-order chi connectivity index (χ1) is 14.7. The molecule has 0 saturated heterocycles. The van der Waals surface area contributed by atoms with Crippen LogP contribution in [0.5, 0.6) is 11.5 Å². The third-order valence-corrected chi connectivity index (χ3v) is 5.34. The molecular weight excluding hydrogens is 374 g/mol. The lowest BCUT2D eigenvalue weighted by molar-refractivity contribution is 0.196. The van der Waals surface area contributed by atoms with Gasteiger partial charge in [-0.05, 0) is 28.8 Å². The summed E-state index contributed by atoms with van der Waals surface area (Å²) in [6, 6.07) is 27.8. The molecule has 0 amide bonds. The van der Waals surface area contributed by atoms with Gasteiger partial charge in [-0.2, -0.15) is 10.4 Å². The van der Waals surface area contributed by atoms with Gasteiger partial charge < -0.3 is 9.47 Å². The van der Waals surface area contributed by atoms with Crippen LogP contribution < -0.4 is 9.47 Å². The number of ether oxygens (including phenoxy) is 2. The summed E-state index contributed by atoms with van der Waals surface area (Å²) in [4.78, 5) is 0. The molecule has 0 saturated carbocycles. The summed E-state index contributed by atoms with van der Waals surface area (Å²) in [6.45, 7) is 0. The van der Waals surface area contributed by atoms with Crippen LogP contribution in [0.25, 0.3) is 0 Å². The Balaban J connectivity index is 1.77. The van der Waals surface area contributed by atoms with Crippen molar-refractivity contribution in [1.29, 1.82) is 5.26 Å². The van der Waals surface area contributed by atoms with Crippen LogP contribution in [0.2, 0.25) is 0 Å². The van der Waals surface area contributed by atoms with E-state index in [2.05, 4.69) is 30.3 Å². The van der Waals surface area contributed by atoms with E-state index in [-0.39, 0.29) is 6.04 Å². The molecule has 0 fully saturated rings. The van der Waals surface area contributed by atoms with E-state index >= 15 is 0 Å². The third kappa shape index (κ3) is 3.72. The average molecular weight is 397 g/mol. The van der Waals surface area contributed by atoms with Crippen LogP contribution in [-0.4, -0.2) is 24.9 Å². The van der Waals surface area contributed by atoms with Crippen molar-refractivity contribution in [3.63, 3.8) is 0 Å². The Morgan fingerprint density at radius 2 is 1.60 bits per heavy atom. The number of nitrogens with zero attached hydrogens (tertiary/aromatic N) is 3. The number of benzene rings is 3. The molecule has 1 heterocycles. The molecule has 30 heavy (non-hydrogen) atoms. The van der Waals surface area contributed by atoms with E-state index < -0.39 is 6.04 Å². The number of rotatable bonds is 6. The van der Waals surface area contributed by atoms with Gasteiger partial charge in [-0.1, -0.05) is 66.7 Å². The van der Waals surface area contributed by atoms with Gasteiger partial charge in [-0.3, -0.25) is 5.01 Å². The fourth-order valence-electron chi connectivity index (χ4n) is 3.83. The van der Waals surface area contributed by atoms with Gasteiger partial charge in [0.25, 0.3) is 0 Å². The number of hydrazone groups is 1. The lowest BCUT2D eigenvalue weighted by Crippen LogP contribution is -2.24. The standard InChI is InChI=1S/C25H23N3O2/c1-29-24-14-13-20(15-25(24)30-2)23(17-26)28-22(19-11-7-4-8-12-19)16-21(27-28)18-9-5-3-6-10-18/h3-15,22-23H,16H2,1-2H3/t22-,23-/m0/s1. The minimum Gasteiger partial charge on any atom is -0.493 e. The molecule has 1 aliphatic heterocycles. The number of hydrogen-bond donors (Lipinski definition) is 0. The molecule has 5 nitrogen and oxygen atoms in total. The second-order valence-corrected chi connectivity index (χ2v) is 7.07. The van der Waals surface area contributed by atoms with E-state index in [9.17, 15) is 5.26 Å². The van der Waals surface area contributed by atoms with E-state index in [0.717, 1.165) is 28.8 Å². The first-order valence-corrected chi connectivity index (χ1v) is 9.83. The molecule has 3 aromatic carbocycles. The van der Waals surface area contributed by atoms with Gasteiger partial charge in [0.2, 0.25) is 0 Å². The fraction of sp³-hybridized carbons (Fsp3) is 0.200.